The molecular formula is C16H16N2O. The summed E-state index contributed by atoms with van der Waals surface area (Å²) in [7, 11) is 2.00. The highest BCUT2D eigenvalue weighted by Gasteiger charge is 2.08. The maximum Gasteiger partial charge on any atom is 0.256 e. The molecule has 1 aromatic carbocycles. The van der Waals surface area contributed by atoms with Gasteiger partial charge in [-0.15, -0.1) is 0 Å². The molecule has 3 aromatic rings. The van der Waals surface area contributed by atoms with Crippen molar-refractivity contribution in [3.8, 4) is 11.4 Å². The van der Waals surface area contributed by atoms with Gasteiger partial charge in [-0.25, -0.2) is 0 Å². The van der Waals surface area contributed by atoms with Crippen molar-refractivity contribution in [2.75, 3.05) is 0 Å². The molecule has 0 amide bonds. The summed E-state index contributed by atoms with van der Waals surface area (Å²) in [6.45, 7) is 4.08. The predicted molar refractivity (Wildman–Crippen MR) is 78.4 cm³/mol. The zero-order chi connectivity index (χ0) is 13.6. The second kappa shape index (κ2) is 4.12. The summed E-state index contributed by atoms with van der Waals surface area (Å²) in [4.78, 5) is 15.1. The number of aromatic nitrogens is 2. The van der Waals surface area contributed by atoms with Crippen LogP contribution >= 0.6 is 0 Å². The monoisotopic (exact) mass is 252 g/mol. The third-order valence-electron chi connectivity index (χ3n) is 3.75. The zero-order valence-electron chi connectivity index (χ0n) is 11.3. The van der Waals surface area contributed by atoms with E-state index in [2.05, 4.69) is 21.7 Å². The van der Waals surface area contributed by atoms with Gasteiger partial charge < -0.3 is 9.55 Å². The summed E-state index contributed by atoms with van der Waals surface area (Å²) in [6.07, 6.45) is 0. The normalized spacial score (nSPS) is 11.1. The second-order valence-corrected chi connectivity index (χ2v) is 4.97. The quantitative estimate of drug-likeness (QED) is 0.709. The summed E-state index contributed by atoms with van der Waals surface area (Å²) in [5, 5.41) is 1.76. The first-order valence-corrected chi connectivity index (χ1v) is 6.33. The van der Waals surface area contributed by atoms with Crippen molar-refractivity contribution in [2.45, 2.75) is 13.8 Å². The van der Waals surface area contributed by atoms with Crippen molar-refractivity contribution in [1.82, 2.24) is 9.55 Å². The Bertz CT molecular complexity index is 824. The van der Waals surface area contributed by atoms with Crippen molar-refractivity contribution in [2.24, 2.45) is 7.05 Å². The van der Waals surface area contributed by atoms with Gasteiger partial charge in [0.05, 0.1) is 11.4 Å². The summed E-state index contributed by atoms with van der Waals surface area (Å²) in [5.74, 6) is 0. The van der Waals surface area contributed by atoms with E-state index >= 15 is 0 Å². The van der Waals surface area contributed by atoms with Gasteiger partial charge in [0, 0.05) is 18.1 Å². The van der Waals surface area contributed by atoms with Crippen LogP contribution < -0.4 is 5.56 Å². The number of pyridine rings is 1. The minimum atomic E-state index is -0.0324. The molecule has 3 rings (SSSR count). The molecule has 0 radical (unpaired) electrons. The number of aryl methyl sites for hydroxylation is 2. The molecule has 0 aliphatic rings. The minimum Gasteiger partial charge on any atom is -0.347 e. The Hall–Kier alpha value is -2.29. The van der Waals surface area contributed by atoms with Gasteiger partial charge in [0.1, 0.15) is 0 Å². The van der Waals surface area contributed by atoms with Gasteiger partial charge in [-0.1, -0.05) is 12.1 Å². The first kappa shape index (κ1) is 11.8. The van der Waals surface area contributed by atoms with Crippen LogP contribution in [-0.2, 0) is 7.05 Å². The van der Waals surface area contributed by atoms with Gasteiger partial charge in [0.15, 0.2) is 0 Å². The number of H-pyrrole nitrogens is 1. The van der Waals surface area contributed by atoms with Crippen LogP contribution in [0.5, 0.6) is 0 Å². The molecule has 2 heterocycles. The Labute approximate surface area is 111 Å². The molecule has 0 aliphatic heterocycles. The summed E-state index contributed by atoms with van der Waals surface area (Å²) in [6, 6.07) is 11.9. The van der Waals surface area contributed by atoms with Crippen LogP contribution in [0.15, 0.2) is 41.2 Å². The number of nitrogens with one attached hydrogen (secondary N) is 1. The average molecular weight is 252 g/mol. The van der Waals surface area contributed by atoms with Crippen LogP contribution in [0.4, 0.5) is 0 Å². The van der Waals surface area contributed by atoms with Crippen LogP contribution in [0.1, 0.15) is 11.3 Å². The molecule has 0 aliphatic carbocycles. The molecule has 0 fully saturated rings. The van der Waals surface area contributed by atoms with E-state index in [0.29, 0.717) is 0 Å². The lowest BCUT2D eigenvalue weighted by Crippen LogP contribution is -2.09. The molecule has 0 bridgehead atoms. The highest BCUT2D eigenvalue weighted by molar-refractivity contribution is 5.87. The summed E-state index contributed by atoms with van der Waals surface area (Å²) < 4.78 is 2.08. The molecule has 0 saturated heterocycles. The molecule has 1 N–H and O–H groups in total. The molecule has 19 heavy (non-hydrogen) atoms. The number of benzene rings is 1. The maximum atomic E-state index is 12.2. The van der Waals surface area contributed by atoms with Gasteiger partial charge in [-0.05, 0) is 49.1 Å². The summed E-state index contributed by atoms with van der Waals surface area (Å²) >= 11 is 0. The molecule has 0 unspecified atom stereocenters. The third kappa shape index (κ3) is 1.78. The fourth-order valence-electron chi connectivity index (χ4n) is 2.46. The summed E-state index contributed by atoms with van der Waals surface area (Å²) in [5.41, 5.74) is 4.15. The Morgan fingerprint density at radius 2 is 1.84 bits per heavy atom. The van der Waals surface area contributed by atoms with Crippen LogP contribution in [0, 0.1) is 13.8 Å². The van der Waals surface area contributed by atoms with Crippen molar-refractivity contribution in [3.05, 3.63) is 58.0 Å². The molecular weight excluding hydrogens is 236 g/mol. The van der Waals surface area contributed by atoms with E-state index in [-0.39, 0.29) is 5.56 Å². The molecule has 3 heteroatoms. The van der Waals surface area contributed by atoms with E-state index in [4.69, 9.17) is 0 Å². The minimum absolute atomic E-state index is 0.0324. The molecule has 0 saturated carbocycles. The highest BCUT2D eigenvalue weighted by atomic mass is 16.1. The van der Waals surface area contributed by atoms with Crippen LogP contribution in [0.3, 0.4) is 0 Å². The third-order valence-corrected chi connectivity index (χ3v) is 3.75. The molecule has 0 spiro atoms. The lowest BCUT2D eigenvalue weighted by molar-refractivity contribution is 0.886. The van der Waals surface area contributed by atoms with Crippen molar-refractivity contribution >= 4 is 10.8 Å². The van der Waals surface area contributed by atoms with Crippen LogP contribution in [0.2, 0.25) is 0 Å². The predicted octanol–water partition coefficient (Wildman–Crippen LogP) is 3.15. The standard InChI is InChI=1S/C16H16N2O/c1-10-5-4-6-12-13(10)9-14(17-16(12)19)15-8-7-11(2)18(15)3/h4-9H,1-3H3,(H,17,19). The van der Waals surface area contributed by atoms with E-state index in [1.165, 1.54) is 5.69 Å². The van der Waals surface area contributed by atoms with E-state index in [1.807, 2.05) is 45.2 Å². The topological polar surface area (TPSA) is 37.8 Å². The van der Waals surface area contributed by atoms with E-state index in [9.17, 15) is 4.79 Å². The first-order valence-electron chi connectivity index (χ1n) is 6.33. The highest BCUT2D eigenvalue weighted by Crippen LogP contribution is 2.23. The van der Waals surface area contributed by atoms with E-state index in [0.717, 1.165) is 27.7 Å². The van der Waals surface area contributed by atoms with Gasteiger partial charge in [-0.2, -0.15) is 0 Å². The Morgan fingerprint density at radius 1 is 1.05 bits per heavy atom. The smallest absolute Gasteiger partial charge is 0.256 e. The van der Waals surface area contributed by atoms with Gasteiger partial charge in [0.2, 0.25) is 0 Å². The van der Waals surface area contributed by atoms with Crippen LogP contribution in [-0.4, -0.2) is 9.55 Å². The molecule has 0 atom stereocenters. The fraction of sp³-hybridized carbons (Fsp3) is 0.188. The van der Waals surface area contributed by atoms with E-state index < -0.39 is 0 Å². The van der Waals surface area contributed by atoms with Crippen molar-refractivity contribution in [1.29, 1.82) is 0 Å². The number of fused-ring (bicyclic) bond motifs is 1. The van der Waals surface area contributed by atoms with Gasteiger partial charge >= 0.3 is 0 Å². The molecule has 2 aromatic heterocycles. The Kier molecular flexibility index (Phi) is 2.56. The SMILES string of the molecule is Cc1cccc2c(=O)[nH]c(-c3ccc(C)n3C)cc12. The lowest BCUT2D eigenvalue weighted by Gasteiger charge is -2.08. The van der Waals surface area contributed by atoms with E-state index in [1.54, 1.807) is 0 Å². The zero-order valence-corrected chi connectivity index (χ0v) is 11.3. The van der Waals surface area contributed by atoms with Crippen molar-refractivity contribution < 1.29 is 0 Å². The number of hydrogen-bond donors (Lipinski definition) is 1. The number of rotatable bonds is 1. The number of nitrogens with zero attached hydrogens (tertiary/aromatic N) is 1. The number of hydrogen-bond acceptors (Lipinski definition) is 1. The largest absolute Gasteiger partial charge is 0.347 e. The Balaban J connectivity index is 2.35. The average Bonchev–Trinajstić information content (AvgIpc) is 2.71. The second-order valence-electron chi connectivity index (χ2n) is 4.97. The van der Waals surface area contributed by atoms with Gasteiger partial charge in [0.25, 0.3) is 5.56 Å². The maximum absolute atomic E-state index is 12.2. The van der Waals surface area contributed by atoms with Crippen LogP contribution in [0.25, 0.3) is 22.2 Å². The fourth-order valence-corrected chi connectivity index (χ4v) is 2.46. The van der Waals surface area contributed by atoms with Crippen molar-refractivity contribution in [3.63, 3.8) is 0 Å². The lowest BCUT2D eigenvalue weighted by atomic mass is 10.1. The molecule has 3 nitrogen and oxygen atoms in total. The first-order chi connectivity index (χ1) is 9.08. The van der Waals surface area contributed by atoms with Gasteiger partial charge in [-0.3, -0.25) is 4.79 Å². The number of aromatic amines is 1. The molecule has 96 valence electrons. The Morgan fingerprint density at radius 3 is 2.53 bits per heavy atom.